The van der Waals surface area contributed by atoms with E-state index in [0.29, 0.717) is 62.7 Å². The van der Waals surface area contributed by atoms with Crippen molar-refractivity contribution in [1.29, 1.82) is 0 Å². The van der Waals surface area contributed by atoms with Crippen molar-refractivity contribution in [3.05, 3.63) is 51.4 Å². The van der Waals surface area contributed by atoms with Gasteiger partial charge >= 0.3 is 5.69 Å². The smallest absolute Gasteiger partial charge is 0.332 e. The Bertz CT molecular complexity index is 1380. The summed E-state index contributed by atoms with van der Waals surface area (Å²) in [5, 5.41) is 0. The van der Waals surface area contributed by atoms with Crippen LogP contribution in [0.15, 0.2) is 45.1 Å². The first kappa shape index (κ1) is 24.2. The second kappa shape index (κ2) is 9.72. The molecule has 34 heavy (non-hydrogen) atoms. The van der Waals surface area contributed by atoms with Crippen molar-refractivity contribution in [2.75, 3.05) is 39.3 Å². The molecule has 1 fully saturated rings. The zero-order valence-corrected chi connectivity index (χ0v) is 20.5. The van der Waals surface area contributed by atoms with Crippen molar-refractivity contribution in [2.24, 2.45) is 14.1 Å². The molecule has 2 aromatic heterocycles. The first-order valence-electron chi connectivity index (χ1n) is 11.3. The lowest BCUT2D eigenvalue weighted by Gasteiger charge is -2.34. The average molecular weight is 491 g/mol. The van der Waals surface area contributed by atoms with E-state index in [1.54, 1.807) is 42.9 Å². The lowest BCUT2D eigenvalue weighted by Crippen LogP contribution is -2.49. The summed E-state index contributed by atoms with van der Waals surface area (Å²) >= 11 is 0. The second-order valence-electron chi connectivity index (χ2n) is 8.33. The van der Waals surface area contributed by atoms with Crippen LogP contribution in [0.1, 0.15) is 13.3 Å². The molecular weight excluding hydrogens is 460 g/mol. The number of sulfonamides is 1. The molecule has 0 N–H and O–H groups in total. The van der Waals surface area contributed by atoms with E-state index in [1.807, 2.05) is 6.92 Å². The number of nitrogens with zero attached hydrogens (tertiary/aromatic N) is 6. The van der Waals surface area contributed by atoms with E-state index in [9.17, 15) is 18.0 Å². The zero-order valence-electron chi connectivity index (χ0n) is 19.7. The minimum Gasteiger partial charge on any atom is -0.494 e. The zero-order chi connectivity index (χ0) is 24.5. The Labute approximate surface area is 197 Å². The Morgan fingerprint density at radius 2 is 1.68 bits per heavy atom. The molecule has 0 unspecified atom stereocenters. The number of aromatic nitrogens is 4. The molecule has 0 bridgehead atoms. The SMILES string of the molecule is CCOc1ccc(S(=O)(=O)N2CCN(CCCn3c(=O)c4c(ncn4C)n(C)c3=O)CC2)cc1. The molecule has 11 nitrogen and oxygen atoms in total. The molecule has 4 rings (SSSR count). The summed E-state index contributed by atoms with van der Waals surface area (Å²) in [6, 6.07) is 6.48. The van der Waals surface area contributed by atoms with Gasteiger partial charge in [0.05, 0.1) is 17.8 Å². The Morgan fingerprint density at radius 3 is 2.32 bits per heavy atom. The van der Waals surface area contributed by atoms with E-state index >= 15 is 0 Å². The Morgan fingerprint density at radius 1 is 1.00 bits per heavy atom. The van der Waals surface area contributed by atoms with Gasteiger partial charge in [-0.2, -0.15) is 4.31 Å². The summed E-state index contributed by atoms with van der Waals surface area (Å²) < 4.78 is 37.1. The van der Waals surface area contributed by atoms with Gasteiger partial charge in [-0.05, 0) is 44.2 Å². The Balaban J connectivity index is 1.35. The first-order chi connectivity index (χ1) is 16.2. The van der Waals surface area contributed by atoms with Crippen LogP contribution < -0.4 is 16.0 Å². The van der Waals surface area contributed by atoms with Crippen LogP contribution >= 0.6 is 0 Å². The summed E-state index contributed by atoms with van der Waals surface area (Å²) in [7, 11) is -0.225. The number of piperazine rings is 1. The number of benzene rings is 1. The number of fused-ring (bicyclic) bond motifs is 1. The second-order valence-corrected chi connectivity index (χ2v) is 10.3. The van der Waals surface area contributed by atoms with Crippen LogP contribution in [-0.4, -0.2) is 75.6 Å². The predicted octanol–water partition coefficient (Wildman–Crippen LogP) is 0.229. The third-order valence-electron chi connectivity index (χ3n) is 6.16. The third-order valence-corrected chi connectivity index (χ3v) is 8.07. The van der Waals surface area contributed by atoms with Crippen molar-refractivity contribution in [1.82, 2.24) is 27.9 Å². The van der Waals surface area contributed by atoms with Crippen molar-refractivity contribution >= 4 is 21.2 Å². The van der Waals surface area contributed by atoms with Gasteiger partial charge in [0.25, 0.3) is 5.56 Å². The number of hydrogen-bond donors (Lipinski definition) is 0. The lowest BCUT2D eigenvalue weighted by atomic mass is 10.3. The van der Waals surface area contributed by atoms with Crippen LogP contribution in [0.4, 0.5) is 0 Å². The molecule has 0 amide bonds. The molecule has 0 radical (unpaired) electrons. The van der Waals surface area contributed by atoms with Crippen LogP contribution in [0.2, 0.25) is 0 Å². The maximum absolute atomic E-state index is 13.0. The molecule has 1 aliphatic heterocycles. The molecule has 12 heteroatoms. The fourth-order valence-electron chi connectivity index (χ4n) is 4.26. The molecule has 3 heterocycles. The van der Waals surface area contributed by atoms with E-state index < -0.39 is 10.0 Å². The topological polar surface area (TPSA) is 112 Å². The number of hydrogen-bond acceptors (Lipinski definition) is 7. The summed E-state index contributed by atoms with van der Waals surface area (Å²) in [4.78, 5) is 32.0. The summed E-state index contributed by atoms with van der Waals surface area (Å²) in [5.41, 5.74) is 0.0423. The van der Waals surface area contributed by atoms with Gasteiger partial charge in [-0.1, -0.05) is 0 Å². The normalized spacial score (nSPS) is 15.7. The first-order valence-corrected chi connectivity index (χ1v) is 12.7. The van der Waals surface area contributed by atoms with Gasteiger partial charge in [-0.25, -0.2) is 18.2 Å². The van der Waals surface area contributed by atoms with Crippen molar-refractivity contribution in [2.45, 2.75) is 24.8 Å². The minimum absolute atomic E-state index is 0.255. The lowest BCUT2D eigenvalue weighted by molar-refractivity contribution is 0.184. The van der Waals surface area contributed by atoms with Gasteiger partial charge < -0.3 is 14.2 Å². The van der Waals surface area contributed by atoms with Gasteiger partial charge in [0.2, 0.25) is 10.0 Å². The monoisotopic (exact) mass is 490 g/mol. The highest BCUT2D eigenvalue weighted by Gasteiger charge is 2.28. The standard InChI is InChI=1S/C22H30N6O5S/c1-4-33-17-6-8-18(9-7-17)34(31,32)27-14-12-26(13-15-27)10-5-11-28-21(29)19-20(23-16-24(19)2)25(3)22(28)30/h6-9,16H,4-5,10-15H2,1-3H3. The molecule has 1 aliphatic rings. The van der Waals surface area contributed by atoms with Gasteiger partial charge in [-0.3, -0.25) is 13.9 Å². The summed E-state index contributed by atoms with van der Waals surface area (Å²) in [5.74, 6) is 0.641. The fraction of sp³-hybridized carbons (Fsp3) is 0.500. The molecular formula is C22H30N6O5S. The van der Waals surface area contributed by atoms with Gasteiger partial charge in [-0.15, -0.1) is 0 Å². The van der Waals surface area contributed by atoms with E-state index in [0.717, 1.165) is 0 Å². The average Bonchev–Trinajstić information content (AvgIpc) is 3.22. The molecule has 1 saturated heterocycles. The number of imidazole rings is 1. The molecule has 1 aromatic carbocycles. The van der Waals surface area contributed by atoms with Crippen molar-refractivity contribution < 1.29 is 13.2 Å². The molecule has 0 aliphatic carbocycles. The molecule has 184 valence electrons. The largest absolute Gasteiger partial charge is 0.494 e. The molecule has 0 saturated carbocycles. The van der Waals surface area contributed by atoms with Crippen LogP contribution in [0.25, 0.3) is 11.2 Å². The summed E-state index contributed by atoms with van der Waals surface area (Å²) in [6.45, 7) is 5.30. The third kappa shape index (κ3) is 4.52. The molecule has 3 aromatic rings. The molecule has 0 spiro atoms. The fourth-order valence-corrected chi connectivity index (χ4v) is 5.69. The van der Waals surface area contributed by atoms with Crippen LogP contribution in [-0.2, 0) is 30.7 Å². The Hall–Kier alpha value is -2.96. The number of aryl methyl sites for hydroxylation is 2. The van der Waals surface area contributed by atoms with Crippen molar-refractivity contribution in [3.8, 4) is 5.75 Å². The van der Waals surface area contributed by atoms with E-state index in [-0.39, 0.29) is 22.7 Å². The van der Waals surface area contributed by atoms with Crippen LogP contribution in [0, 0.1) is 0 Å². The highest BCUT2D eigenvalue weighted by Crippen LogP contribution is 2.21. The maximum Gasteiger partial charge on any atom is 0.332 e. The Kier molecular flexibility index (Phi) is 6.91. The maximum atomic E-state index is 13.0. The van der Waals surface area contributed by atoms with Gasteiger partial charge in [0, 0.05) is 46.8 Å². The molecule has 0 atom stereocenters. The quantitative estimate of drug-likeness (QED) is 0.444. The van der Waals surface area contributed by atoms with Crippen LogP contribution in [0.5, 0.6) is 5.75 Å². The van der Waals surface area contributed by atoms with Gasteiger partial charge in [0.1, 0.15) is 5.75 Å². The van der Waals surface area contributed by atoms with E-state index in [4.69, 9.17) is 4.74 Å². The minimum atomic E-state index is -3.56. The predicted molar refractivity (Wildman–Crippen MR) is 128 cm³/mol. The van der Waals surface area contributed by atoms with E-state index in [2.05, 4.69) is 9.88 Å². The number of ether oxygens (including phenoxy) is 1. The summed E-state index contributed by atoms with van der Waals surface area (Å²) in [6.07, 6.45) is 2.13. The van der Waals surface area contributed by atoms with Crippen LogP contribution in [0.3, 0.4) is 0 Å². The van der Waals surface area contributed by atoms with Gasteiger partial charge in [0.15, 0.2) is 11.2 Å². The highest BCUT2D eigenvalue weighted by atomic mass is 32.2. The van der Waals surface area contributed by atoms with Crippen molar-refractivity contribution in [3.63, 3.8) is 0 Å². The highest BCUT2D eigenvalue weighted by molar-refractivity contribution is 7.89. The van der Waals surface area contributed by atoms with E-state index in [1.165, 1.54) is 19.8 Å². The number of rotatable bonds is 8.